The van der Waals surface area contributed by atoms with Crippen molar-refractivity contribution in [2.75, 3.05) is 6.54 Å². The van der Waals surface area contributed by atoms with E-state index in [9.17, 15) is 0 Å². The Hall–Kier alpha value is -1.33. The maximum absolute atomic E-state index is 4.50. The van der Waals surface area contributed by atoms with Crippen molar-refractivity contribution >= 4 is 0 Å². The molecule has 1 aliphatic rings. The van der Waals surface area contributed by atoms with Crippen LogP contribution in [0, 0.1) is 11.8 Å². The van der Waals surface area contributed by atoms with Crippen molar-refractivity contribution in [2.45, 2.75) is 38.6 Å². The predicted molar refractivity (Wildman–Crippen MR) is 66.0 cm³/mol. The number of hydrogen-bond acceptors (Lipinski definition) is 2. The number of nitrogens with zero attached hydrogens (tertiary/aromatic N) is 1. The predicted octanol–water partition coefficient (Wildman–Crippen LogP) is 2.46. The molecule has 1 aromatic rings. The van der Waals surface area contributed by atoms with Crippen molar-refractivity contribution in [3.05, 3.63) is 29.6 Å². The van der Waals surface area contributed by atoms with Gasteiger partial charge in [-0.25, -0.2) is 0 Å². The smallest absolute Gasteiger partial charge is 0.0605 e. The van der Waals surface area contributed by atoms with E-state index in [0.29, 0.717) is 6.04 Å². The van der Waals surface area contributed by atoms with Crippen molar-refractivity contribution in [2.24, 2.45) is 0 Å². The minimum Gasteiger partial charge on any atom is -0.308 e. The van der Waals surface area contributed by atoms with Crippen LogP contribution in [0.5, 0.6) is 0 Å². The highest BCUT2D eigenvalue weighted by atomic mass is 14.9. The molecule has 0 bridgehead atoms. The molecule has 2 heteroatoms. The lowest BCUT2D eigenvalue weighted by Crippen LogP contribution is -2.26. The van der Waals surface area contributed by atoms with E-state index >= 15 is 0 Å². The van der Waals surface area contributed by atoms with Gasteiger partial charge in [0.25, 0.3) is 0 Å². The Labute approximate surface area is 97.5 Å². The van der Waals surface area contributed by atoms with Crippen LogP contribution in [0.4, 0.5) is 0 Å². The van der Waals surface area contributed by atoms with Gasteiger partial charge in [0.2, 0.25) is 0 Å². The molecule has 0 radical (unpaired) electrons. The van der Waals surface area contributed by atoms with Gasteiger partial charge in [0.05, 0.1) is 5.69 Å². The summed E-state index contributed by atoms with van der Waals surface area (Å²) in [6.07, 6.45) is 6.45. The van der Waals surface area contributed by atoms with Gasteiger partial charge in [0.15, 0.2) is 0 Å². The molecule has 0 aromatic carbocycles. The Morgan fingerprint density at radius 1 is 1.56 bits per heavy atom. The monoisotopic (exact) mass is 214 g/mol. The molecule has 1 atom stereocenters. The summed E-state index contributed by atoms with van der Waals surface area (Å²) in [7, 11) is 0. The summed E-state index contributed by atoms with van der Waals surface area (Å²) in [6, 6.07) is 4.66. The molecule has 0 saturated heterocycles. The lowest BCUT2D eigenvalue weighted by Gasteiger charge is -2.24. The van der Waals surface area contributed by atoms with Gasteiger partial charge in [-0.1, -0.05) is 6.07 Å². The van der Waals surface area contributed by atoms with Gasteiger partial charge in [0.1, 0.15) is 0 Å². The Morgan fingerprint density at radius 2 is 2.50 bits per heavy atom. The zero-order valence-corrected chi connectivity index (χ0v) is 9.79. The fraction of sp³-hybridized carbons (Fsp3) is 0.500. The average Bonchev–Trinajstić information content (AvgIpc) is 2.35. The molecule has 84 valence electrons. The Morgan fingerprint density at radius 3 is 3.38 bits per heavy atom. The van der Waals surface area contributed by atoms with E-state index in [1.807, 2.05) is 19.2 Å². The van der Waals surface area contributed by atoms with Gasteiger partial charge >= 0.3 is 0 Å². The van der Waals surface area contributed by atoms with Crippen molar-refractivity contribution in [3.8, 4) is 11.8 Å². The second kappa shape index (κ2) is 5.67. The average molecular weight is 214 g/mol. The molecule has 0 amide bonds. The van der Waals surface area contributed by atoms with Crippen LogP contribution >= 0.6 is 0 Å². The molecule has 0 spiro atoms. The quantitative estimate of drug-likeness (QED) is 0.617. The molecule has 2 rings (SSSR count). The summed E-state index contributed by atoms with van der Waals surface area (Å²) in [5, 5.41) is 3.55. The lowest BCUT2D eigenvalue weighted by atomic mass is 9.92. The van der Waals surface area contributed by atoms with Crippen LogP contribution in [0.1, 0.15) is 43.5 Å². The molecule has 1 aliphatic carbocycles. The maximum atomic E-state index is 4.50. The highest BCUT2D eigenvalue weighted by molar-refractivity contribution is 5.25. The van der Waals surface area contributed by atoms with Gasteiger partial charge in [0, 0.05) is 25.2 Å². The van der Waals surface area contributed by atoms with E-state index in [1.165, 1.54) is 30.5 Å². The van der Waals surface area contributed by atoms with E-state index < -0.39 is 0 Å². The highest BCUT2D eigenvalue weighted by Gasteiger charge is 2.19. The lowest BCUT2D eigenvalue weighted by molar-refractivity contribution is 0.454. The highest BCUT2D eigenvalue weighted by Crippen LogP contribution is 2.27. The third-order valence-corrected chi connectivity index (χ3v) is 3.01. The Kier molecular flexibility index (Phi) is 3.96. The number of nitrogens with one attached hydrogen (secondary N) is 1. The minimum absolute atomic E-state index is 0.434. The third kappa shape index (κ3) is 2.62. The standard InChI is InChI=1S/C14H18N2/c1-2-3-4-10-15-13-9-5-7-12-8-6-11-16-14(12)13/h6,8,11,13,15H,4-5,7,9-10H2,1H3. The number of hydrogen-bond donors (Lipinski definition) is 1. The fourth-order valence-electron chi connectivity index (χ4n) is 2.24. The Bertz CT molecular complexity index is 401. The molecular weight excluding hydrogens is 196 g/mol. The number of aryl methyl sites for hydroxylation is 1. The van der Waals surface area contributed by atoms with E-state index in [0.717, 1.165) is 13.0 Å². The fourth-order valence-corrected chi connectivity index (χ4v) is 2.24. The van der Waals surface area contributed by atoms with Gasteiger partial charge < -0.3 is 5.32 Å². The molecule has 2 nitrogen and oxygen atoms in total. The first kappa shape index (κ1) is 11.2. The second-order valence-corrected chi connectivity index (χ2v) is 4.12. The van der Waals surface area contributed by atoms with Crippen LogP contribution in [0.25, 0.3) is 0 Å². The van der Waals surface area contributed by atoms with Crippen LogP contribution in [-0.4, -0.2) is 11.5 Å². The minimum atomic E-state index is 0.434. The maximum Gasteiger partial charge on any atom is 0.0605 e. The number of rotatable bonds is 3. The van der Waals surface area contributed by atoms with E-state index in [4.69, 9.17) is 0 Å². The zero-order chi connectivity index (χ0) is 11.2. The van der Waals surface area contributed by atoms with Crippen molar-refractivity contribution < 1.29 is 0 Å². The zero-order valence-electron chi connectivity index (χ0n) is 9.79. The molecule has 0 saturated carbocycles. The van der Waals surface area contributed by atoms with Crippen LogP contribution in [0.3, 0.4) is 0 Å². The summed E-state index contributed by atoms with van der Waals surface area (Å²) < 4.78 is 0. The topological polar surface area (TPSA) is 24.9 Å². The molecule has 1 heterocycles. The summed E-state index contributed by atoms with van der Waals surface area (Å²) in [5.74, 6) is 6.00. The summed E-state index contributed by atoms with van der Waals surface area (Å²) in [5.41, 5.74) is 2.66. The molecule has 0 aliphatic heterocycles. The van der Waals surface area contributed by atoms with Gasteiger partial charge in [-0.15, -0.1) is 11.8 Å². The van der Waals surface area contributed by atoms with Crippen LogP contribution in [0.2, 0.25) is 0 Å². The third-order valence-electron chi connectivity index (χ3n) is 3.01. The summed E-state index contributed by atoms with van der Waals surface area (Å²) in [4.78, 5) is 4.50. The van der Waals surface area contributed by atoms with E-state index in [-0.39, 0.29) is 0 Å². The molecular formula is C14H18N2. The Balaban J connectivity index is 1.98. The van der Waals surface area contributed by atoms with E-state index in [2.05, 4.69) is 28.2 Å². The van der Waals surface area contributed by atoms with Gasteiger partial charge in [-0.2, -0.15) is 0 Å². The van der Waals surface area contributed by atoms with Crippen molar-refractivity contribution in [3.63, 3.8) is 0 Å². The normalized spacial score (nSPS) is 18.4. The van der Waals surface area contributed by atoms with Crippen molar-refractivity contribution in [1.29, 1.82) is 0 Å². The molecule has 0 fully saturated rings. The molecule has 1 unspecified atom stereocenters. The van der Waals surface area contributed by atoms with Crippen LogP contribution in [0.15, 0.2) is 18.3 Å². The first-order chi connectivity index (χ1) is 7.92. The van der Waals surface area contributed by atoms with Gasteiger partial charge in [-0.3, -0.25) is 4.98 Å². The number of aromatic nitrogens is 1. The first-order valence-corrected chi connectivity index (χ1v) is 5.98. The SMILES string of the molecule is CC#CCCNC1CCCc2cccnc21. The second-order valence-electron chi connectivity index (χ2n) is 4.12. The number of pyridine rings is 1. The van der Waals surface area contributed by atoms with Crippen LogP contribution in [-0.2, 0) is 6.42 Å². The van der Waals surface area contributed by atoms with Crippen molar-refractivity contribution in [1.82, 2.24) is 10.3 Å². The summed E-state index contributed by atoms with van der Waals surface area (Å²) >= 11 is 0. The van der Waals surface area contributed by atoms with Gasteiger partial charge in [-0.05, 0) is 37.8 Å². The molecule has 16 heavy (non-hydrogen) atoms. The molecule has 1 aromatic heterocycles. The van der Waals surface area contributed by atoms with E-state index in [1.54, 1.807) is 0 Å². The largest absolute Gasteiger partial charge is 0.308 e. The number of fused-ring (bicyclic) bond motifs is 1. The van der Waals surface area contributed by atoms with Crippen LogP contribution < -0.4 is 5.32 Å². The molecule has 1 N–H and O–H groups in total. The first-order valence-electron chi connectivity index (χ1n) is 5.98. The summed E-state index contributed by atoms with van der Waals surface area (Å²) in [6.45, 7) is 2.85.